The first-order valence-corrected chi connectivity index (χ1v) is 5.81. The van der Waals surface area contributed by atoms with Crippen molar-refractivity contribution in [3.8, 4) is 5.88 Å². The third kappa shape index (κ3) is 4.99. The molecule has 0 aromatic carbocycles. The topological polar surface area (TPSA) is 56.3 Å². The van der Waals surface area contributed by atoms with Crippen molar-refractivity contribution in [2.75, 3.05) is 25.6 Å². The Hall–Kier alpha value is -1.36. The first-order valence-electron chi connectivity index (χ1n) is 5.81. The summed E-state index contributed by atoms with van der Waals surface area (Å²) in [5.74, 6) is 1.34. The molecular formula is C12H21N3O2. The summed E-state index contributed by atoms with van der Waals surface area (Å²) in [7, 11) is 1.69. The van der Waals surface area contributed by atoms with Crippen molar-refractivity contribution in [1.29, 1.82) is 0 Å². The molecule has 0 fully saturated rings. The summed E-state index contributed by atoms with van der Waals surface area (Å²) >= 11 is 0. The first-order chi connectivity index (χ1) is 8.07. The SMILES string of the molecule is CCCOc1cc(NCC(C)(C)OC)ncn1. The zero-order valence-electron chi connectivity index (χ0n) is 11.0. The summed E-state index contributed by atoms with van der Waals surface area (Å²) in [6.45, 7) is 7.42. The van der Waals surface area contributed by atoms with Crippen molar-refractivity contribution in [3.63, 3.8) is 0 Å². The van der Waals surface area contributed by atoms with Crippen LogP contribution in [0.15, 0.2) is 12.4 Å². The fraction of sp³-hybridized carbons (Fsp3) is 0.667. The second-order valence-corrected chi connectivity index (χ2v) is 4.41. The lowest BCUT2D eigenvalue weighted by Crippen LogP contribution is -2.32. The minimum Gasteiger partial charge on any atom is -0.478 e. The van der Waals surface area contributed by atoms with E-state index in [1.807, 2.05) is 13.8 Å². The standard InChI is InChI=1S/C12H21N3O2/c1-5-6-17-11-7-10(14-9-15-11)13-8-12(2,3)16-4/h7,9H,5-6,8H2,1-4H3,(H,13,14,15). The van der Waals surface area contributed by atoms with Gasteiger partial charge >= 0.3 is 0 Å². The molecule has 1 rings (SSSR count). The number of nitrogens with one attached hydrogen (secondary N) is 1. The monoisotopic (exact) mass is 239 g/mol. The smallest absolute Gasteiger partial charge is 0.218 e. The first kappa shape index (κ1) is 13.7. The molecular weight excluding hydrogens is 218 g/mol. The van der Waals surface area contributed by atoms with Gasteiger partial charge < -0.3 is 14.8 Å². The predicted molar refractivity (Wildman–Crippen MR) is 67.4 cm³/mol. The molecule has 0 unspecified atom stereocenters. The van der Waals surface area contributed by atoms with Gasteiger partial charge in [-0.25, -0.2) is 9.97 Å². The third-order valence-corrected chi connectivity index (χ3v) is 2.34. The highest BCUT2D eigenvalue weighted by atomic mass is 16.5. The molecule has 0 bridgehead atoms. The fourth-order valence-electron chi connectivity index (χ4n) is 1.10. The molecule has 0 aliphatic rings. The number of nitrogens with zero attached hydrogens (tertiary/aromatic N) is 2. The van der Waals surface area contributed by atoms with Crippen molar-refractivity contribution in [1.82, 2.24) is 9.97 Å². The lowest BCUT2D eigenvalue weighted by Gasteiger charge is -2.23. The van der Waals surface area contributed by atoms with Gasteiger partial charge in [0.1, 0.15) is 12.1 Å². The van der Waals surface area contributed by atoms with Crippen LogP contribution in [0, 0.1) is 0 Å². The van der Waals surface area contributed by atoms with E-state index in [4.69, 9.17) is 9.47 Å². The number of methoxy groups -OCH3 is 1. The molecule has 1 aromatic heterocycles. The van der Waals surface area contributed by atoms with E-state index in [-0.39, 0.29) is 5.60 Å². The average molecular weight is 239 g/mol. The molecule has 5 heteroatoms. The normalized spacial score (nSPS) is 11.3. The van der Waals surface area contributed by atoms with E-state index in [0.29, 0.717) is 19.0 Å². The third-order valence-electron chi connectivity index (χ3n) is 2.34. The maximum absolute atomic E-state index is 5.43. The molecule has 0 aliphatic heterocycles. The second kappa shape index (κ2) is 6.39. The summed E-state index contributed by atoms with van der Waals surface area (Å²) in [5, 5.41) is 3.20. The Kier molecular flexibility index (Phi) is 5.15. The molecule has 0 radical (unpaired) electrons. The van der Waals surface area contributed by atoms with Crippen molar-refractivity contribution in [3.05, 3.63) is 12.4 Å². The van der Waals surface area contributed by atoms with Crippen LogP contribution in [0.5, 0.6) is 5.88 Å². The van der Waals surface area contributed by atoms with Crippen LogP contribution in [0.1, 0.15) is 27.2 Å². The van der Waals surface area contributed by atoms with E-state index in [2.05, 4.69) is 22.2 Å². The average Bonchev–Trinajstić information content (AvgIpc) is 2.35. The number of rotatable bonds is 7. The maximum atomic E-state index is 5.43. The van der Waals surface area contributed by atoms with Gasteiger partial charge in [-0.15, -0.1) is 0 Å². The van der Waals surface area contributed by atoms with Gasteiger partial charge in [0, 0.05) is 19.7 Å². The van der Waals surface area contributed by atoms with E-state index in [1.54, 1.807) is 13.2 Å². The molecule has 0 saturated heterocycles. The largest absolute Gasteiger partial charge is 0.478 e. The van der Waals surface area contributed by atoms with Crippen LogP contribution in [-0.2, 0) is 4.74 Å². The zero-order chi connectivity index (χ0) is 12.7. The number of anilines is 1. The molecule has 0 saturated carbocycles. The Morgan fingerprint density at radius 2 is 2.12 bits per heavy atom. The Morgan fingerprint density at radius 1 is 1.35 bits per heavy atom. The van der Waals surface area contributed by atoms with Crippen LogP contribution in [0.2, 0.25) is 0 Å². The molecule has 1 N–H and O–H groups in total. The summed E-state index contributed by atoms with van der Waals surface area (Å²) < 4.78 is 10.7. The molecule has 0 atom stereocenters. The molecule has 0 spiro atoms. The van der Waals surface area contributed by atoms with Crippen LogP contribution in [0.3, 0.4) is 0 Å². The number of ether oxygens (including phenoxy) is 2. The number of hydrogen-bond acceptors (Lipinski definition) is 5. The van der Waals surface area contributed by atoms with E-state index in [1.165, 1.54) is 6.33 Å². The molecule has 1 aromatic rings. The molecule has 5 nitrogen and oxygen atoms in total. The lowest BCUT2D eigenvalue weighted by molar-refractivity contribution is 0.0343. The minimum atomic E-state index is -0.227. The van der Waals surface area contributed by atoms with Crippen molar-refractivity contribution < 1.29 is 9.47 Å². The Morgan fingerprint density at radius 3 is 2.76 bits per heavy atom. The van der Waals surface area contributed by atoms with Crippen LogP contribution >= 0.6 is 0 Å². The van der Waals surface area contributed by atoms with Gasteiger partial charge in [-0.3, -0.25) is 0 Å². The van der Waals surface area contributed by atoms with Gasteiger partial charge in [-0.1, -0.05) is 6.92 Å². The van der Waals surface area contributed by atoms with E-state index >= 15 is 0 Å². The molecule has 96 valence electrons. The highest BCUT2D eigenvalue weighted by molar-refractivity contribution is 5.37. The molecule has 1 heterocycles. The number of aromatic nitrogens is 2. The summed E-state index contributed by atoms with van der Waals surface area (Å²) in [6, 6.07) is 1.79. The van der Waals surface area contributed by atoms with Crippen molar-refractivity contribution in [2.45, 2.75) is 32.8 Å². The van der Waals surface area contributed by atoms with Crippen LogP contribution in [-0.4, -0.2) is 35.8 Å². The fourth-order valence-corrected chi connectivity index (χ4v) is 1.10. The van der Waals surface area contributed by atoms with Gasteiger partial charge in [0.05, 0.1) is 12.2 Å². The summed E-state index contributed by atoms with van der Waals surface area (Å²) in [4.78, 5) is 8.16. The number of hydrogen-bond donors (Lipinski definition) is 1. The summed E-state index contributed by atoms with van der Waals surface area (Å²) in [5.41, 5.74) is -0.227. The van der Waals surface area contributed by atoms with E-state index in [9.17, 15) is 0 Å². The predicted octanol–water partition coefficient (Wildman–Crippen LogP) is 2.10. The van der Waals surface area contributed by atoms with Crippen molar-refractivity contribution in [2.24, 2.45) is 0 Å². The highest BCUT2D eigenvalue weighted by Gasteiger charge is 2.15. The van der Waals surface area contributed by atoms with Gasteiger partial charge in [0.2, 0.25) is 5.88 Å². The second-order valence-electron chi connectivity index (χ2n) is 4.41. The Balaban J connectivity index is 2.53. The van der Waals surface area contributed by atoms with Gasteiger partial charge in [-0.2, -0.15) is 0 Å². The van der Waals surface area contributed by atoms with Crippen LogP contribution in [0.25, 0.3) is 0 Å². The molecule has 0 aliphatic carbocycles. The summed E-state index contributed by atoms with van der Waals surface area (Å²) in [6.07, 6.45) is 2.45. The highest BCUT2D eigenvalue weighted by Crippen LogP contribution is 2.13. The van der Waals surface area contributed by atoms with Crippen molar-refractivity contribution >= 4 is 5.82 Å². The Bertz CT molecular complexity index is 342. The maximum Gasteiger partial charge on any atom is 0.218 e. The molecule has 0 amide bonds. The quantitative estimate of drug-likeness (QED) is 0.789. The van der Waals surface area contributed by atoms with Gasteiger partial charge in [0.25, 0.3) is 0 Å². The zero-order valence-corrected chi connectivity index (χ0v) is 11.0. The Labute approximate surface area is 103 Å². The molecule has 17 heavy (non-hydrogen) atoms. The van der Waals surface area contributed by atoms with Crippen LogP contribution in [0.4, 0.5) is 5.82 Å². The van der Waals surface area contributed by atoms with E-state index in [0.717, 1.165) is 12.2 Å². The van der Waals surface area contributed by atoms with Crippen LogP contribution < -0.4 is 10.1 Å². The van der Waals surface area contributed by atoms with Gasteiger partial charge in [0.15, 0.2) is 0 Å². The van der Waals surface area contributed by atoms with Gasteiger partial charge in [-0.05, 0) is 20.3 Å². The lowest BCUT2D eigenvalue weighted by atomic mass is 10.1. The van der Waals surface area contributed by atoms with E-state index < -0.39 is 0 Å². The minimum absolute atomic E-state index is 0.227.